The van der Waals surface area contributed by atoms with E-state index in [9.17, 15) is 4.79 Å². The van der Waals surface area contributed by atoms with E-state index in [0.717, 1.165) is 12.2 Å². The molecule has 0 amide bonds. The zero-order valence-corrected chi connectivity index (χ0v) is 9.55. The predicted octanol–water partition coefficient (Wildman–Crippen LogP) is 2.16. The third-order valence-electron chi connectivity index (χ3n) is 2.39. The van der Waals surface area contributed by atoms with Crippen molar-refractivity contribution in [2.24, 2.45) is 0 Å². The van der Waals surface area contributed by atoms with Gasteiger partial charge in [-0.15, -0.1) is 0 Å². The quantitative estimate of drug-likeness (QED) is 0.787. The first kappa shape index (κ1) is 10.7. The molecule has 0 bridgehead atoms. The lowest BCUT2D eigenvalue weighted by Crippen LogP contribution is -1.95. The second-order valence-corrected chi connectivity index (χ2v) is 5.06. The van der Waals surface area contributed by atoms with Crippen molar-refractivity contribution in [1.29, 1.82) is 0 Å². The minimum atomic E-state index is 0.157. The number of aryl methyl sites for hydroxylation is 1. The largest absolute Gasteiger partial charge is 0.339 e. The van der Waals surface area contributed by atoms with Crippen LogP contribution in [-0.2, 0) is 11.2 Å². The van der Waals surface area contributed by atoms with Crippen molar-refractivity contribution in [3.05, 3.63) is 11.7 Å². The van der Waals surface area contributed by atoms with Crippen molar-refractivity contribution in [3.8, 4) is 0 Å². The van der Waals surface area contributed by atoms with Crippen molar-refractivity contribution in [1.82, 2.24) is 10.1 Å². The Balaban J connectivity index is 1.94. The van der Waals surface area contributed by atoms with Crippen LogP contribution < -0.4 is 0 Å². The van der Waals surface area contributed by atoms with E-state index in [2.05, 4.69) is 10.1 Å². The standard InChI is InChI=1S/C10H14N2O2S/c1-7(13)4-5-9-11-10(12-14-9)8-3-2-6-15-8/h8H,2-6H2,1H3. The Kier molecular flexibility index (Phi) is 3.41. The van der Waals surface area contributed by atoms with E-state index in [1.54, 1.807) is 6.92 Å². The summed E-state index contributed by atoms with van der Waals surface area (Å²) in [7, 11) is 0. The SMILES string of the molecule is CC(=O)CCc1nc(C2CCCS2)no1. The lowest BCUT2D eigenvalue weighted by atomic mass is 10.2. The van der Waals surface area contributed by atoms with Crippen LogP contribution >= 0.6 is 11.8 Å². The molecule has 5 heteroatoms. The molecule has 1 fully saturated rings. The van der Waals surface area contributed by atoms with Crippen molar-refractivity contribution in [3.63, 3.8) is 0 Å². The summed E-state index contributed by atoms with van der Waals surface area (Å²) in [5, 5.41) is 4.36. The number of rotatable bonds is 4. The monoisotopic (exact) mass is 226 g/mol. The van der Waals surface area contributed by atoms with Crippen LogP contribution in [0.25, 0.3) is 0 Å². The highest BCUT2D eigenvalue weighted by atomic mass is 32.2. The van der Waals surface area contributed by atoms with Crippen molar-refractivity contribution >= 4 is 17.5 Å². The molecule has 4 nitrogen and oxygen atoms in total. The molecule has 2 heterocycles. The molecule has 0 aromatic carbocycles. The number of carbonyl (C=O) groups is 1. The third kappa shape index (κ3) is 2.81. The van der Waals surface area contributed by atoms with E-state index in [0.29, 0.717) is 24.0 Å². The molecule has 1 saturated heterocycles. The van der Waals surface area contributed by atoms with Gasteiger partial charge in [0.25, 0.3) is 0 Å². The molecule has 1 unspecified atom stereocenters. The summed E-state index contributed by atoms with van der Waals surface area (Å²) < 4.78 is 5.10. The van der Waals surface area contributed by atoms with E-state index in [4.69, 9.17) is 4.52 Å². The highest BCUT2D eigenvalue weighted by molar-refractivity contribution is 7.99. The van der Waals surface area contributed by atoms with Gasteiger partial charge in [-0.05, 0) is 25.5 Å². The second-order valence-electron chi connectivity index (χ2n) is 3.75. The number of ketones is 1. The van der Waals surface area contributed by atoms with Gasteiger partial charge in [0, 0.05) is 12.8 Å². The number of Topliss-reactive ketones (excluding diaryl/α,β-unsaturated/α-hetero) is 1. The average Bonchev–Trinajstić information content (AvgIpc) is 2.85. The van der Waals surface area contributed by atoms with Gasteiger partial charge in [0.1, 0.15) is 5.78 Å². The van der Waals surface area contributed by atoms with Crippen LogP contribution in [0.4, 0.5) is 0 Å². The zero-order valence-electron chi connectivity index (χ0n) is 8.73. The summed E-state index contributed by atoms with van der Waals surface area (Å²) in [5.41, 5.74) is 0. The van der Waals surface area contributed by atoms with Gasteiger partial charge in [0.05, 0.1) is 5.25 Å². The Morgan fingerprint density at radius 2 is 2.53 bits per heavy atom. The smallest absolute Gasteiger partial charge is 0.227 e. The fraction of sp³-hybridized carbons (Fsp3) is 0.700. The fourth-order valence-electron chi connectivity index (χ4n) is 1.56. The van der Waals surface area contributed by atoms with Crippen LogP contribution in [-0.4, -0.2) is 21.7 Å². The molecule has 0 saturated carbocycles. The topological polar surface area (TPSA) is 56.0 Å². The number of aromatic nitrogens is 2. The Morgan fingerprint density at radius 1 is 1.67 bits per heavy atom. The molecular weight excluding hydrogens is 212 g/mol. The van der Waals surface area contributed by atoms with E-state index >= 15 is 0 Å². The molecule has 15 heavy (non-hydrogen) atoms. The predicted molar refractivity (Wildman–Crippen MR) is 57.7 cm³/mol. The first-order valence-electron chi connectivity index (χ1n) is 5.19. The van der Waals surface area contributed by atoms with Crippen LogP contribution in [0.5, 0.6) is 0 Å². The molecular formula is C10H14N2O2S. The molecule has 0 aliphatic carbocycles. The highest BCUT2D eigenvalue weighted by Crippen LogP contribution is 2.38. The average molecular weight is 226 g/mol. The Bertz CT molecular complexity index is 345. The first-order valence-corrected chi connectivity index (χ1v) is 6.24. The molecule has 0 radical (unpaired) electrons. The molecule has 2 rings (SSSR count). The number of thioether (sulfide) groups is 1. The number of carbonyl (C=O) groups excluding carboxylic acids is 1. The van der Waals surface area contributed by atoms with Gasteiger partial charge in [0.2, 0.25) is 5.89 Å². The van der Waals surface area contributed by atoms with Crippen LogP contribution in [0, 0.1) is 0 Å². The Hall–Kier alpha value is -0.840. The van der Waals surface area contributed by atoms with Gasteiger partial charge in [-0.1, -0.05) is 5.16 Å². The minimum absolute atomic E-state index is 0.157. The molecule has 1 atom stereocenters. The van der Waals surface area contributed by atoms with Crippen LogP contribution in [0.3, 0.4) is 0 Å². The van der Waals surface area contributed by atoms with Crippen LogP contribution in [0.2, 0.25) is 0 Å². The second kappa shape index (κ2) is 4.79. The first-order chi connectivity index (χ1) is 7.25. The Morgan fingerprint density at radius 3 is 3.20 bits per heavy atom. The van der Waals surface area contributed by atoms with Crippen molar-refractivity contribution < 1.29 is 9.32 Å². The number of nitrogens with zero attached hydrogens (tertiary/aromatic N) is 2. The molecule has 1 aliphatic rings. The van der Waals surface area contributed by atoms with Gasteiger partial charge < -0.3 is 9.32 Å². The highest BCUT2D eigenvalue weighted by Gasteiger charge is 2.22. The maximum atomic E-state index is 10.8. The van der Waals surface area contributed by atoms with Crippen LogP contribution in [0.15, 0.2) is 4.52 Å². The number of hydrogen-bond acceptors (Lipinski definition) is 5. The Labute approximate surface area is 92.8 Å². The van der Waals surface area contributed by atoms with Gasteiger partial charge in [-0.25, -0.2) is 0 Å². The van der Waals surface area contributed by atoms with Gasteiger partial charge >= 0.3 is 0 Å². The summed E-state index contributed by atoms with van der Waals surface area (Å²) in [6.45, 7) is 1.57. The third-order valence-corrected chi connectivity index (χ3v) is 3.77. The van der Waals surface area contributed by atoms with Gasteiger partial charge in [0.15, 0.2) is 5.82 Å². The molecule has 0 N–H and O–H groups in total. The van der Waals surface area contributed by atoms with E-state index < -0.39 is 0 Å². The van der Waals surface area contributed by atoms with E-state index in [-0.39, 0.29) is 5.78 Å². The summed E-state index contributed by atoms with van der Waals surface area (Å²) in [5.74, 6) is 2.73. The van der Waals surface area contributed by atoms with E-state index in [1.165, 1.54) is 12.2 Å². The molecule has 0 spiro atoms. The summed E-state index contributed by atoms with van der Waals surface area (Å²) >= 11 is 1.88. The molecule has 1 aliphatic heterocycles. The van der Waals surface area contributed by atoms with Gasteiger partial charge in [-0.3, -0.25) is 0 Å². The lowest BCUT2D eigenvalue weighted by molar-refractivity contribution is -0.117. The van der Waals surface area contributed by atoms with Crippen LogP contribution in [0.1, 0.15) is 43.2 Å². The summed E-state index contributed by atoms with van der Waals surface area (Å²) in [4.78, 5) is 15.1. The fourth-order valence-corrected chi connectivity index (χ4v) is 2.76. The maximum Gasteiger partial charge on any atom is 0.227 e. The van der Waals surface area contributed by atoms with E-state index in [1.807, 2.05) is 11.8 Å². The molecule has 1 aromatic rings. The summed E-state index contributed by atoms with van der Waals surface area (Å²) in [6.07, 6.45) is 3.42. The molecule has 82 valence electrons. The summed E-state index contributed by atoms with van der Waals surface area (Å²) in [6, 6.07) is 0. The van der Waals surface area contributed by atoms with Crippen molar-refractivity contribution in [2.45, 2.75) is 37.9 Å². The van der Waals surface area contributed by atoms with Gasteiger partial charge in [-0.2, -0.15) is 16.7 Å². The number of hydrogen-bond donors (Lipinski definition) is 0. The maximum absolute atomic E-state index is 10.8. The zero-order chi connectivity index (χ0) is 10.7. The van der Waals surface area contributed by atoms with Crippen molar-refractivity contribution in [2.75, 3.05) is 5.75 Å². The normalized spacial score (nSPS) is 20.7. The lowest BCUT2D eigenvalue weighted by Gasteiger charge is -1.98. The molecule has 1 aromatic heterocycles. The minimum Gasteiger partial charge on any atom is -0.339 e.